The molecule has 290 valence electrons. The van der Waals surface area contributed by atoms with E-state index in [0.717, 1.165) is 37.4 Å². The van der Waals surface area contributed by atoms with E-state index < -0.39 is 23.2 Å². The smallest absolute Gasteiger partial charge is 0.166 e. The van der Waals surface area contributed by atoms with Crippen LogP contribution in [0.1, 0.15) is 49.7 Å². The molecular formula is C38H61NO12. The molecule has 0 aromatic heterocycles. The lowest BCUT2D eigenvalue weighted by atomic mass is 9.48. The molecule has 6 rings (SSSR count). The zero-order valence-corrected chi connectivity index (χ0v) is 30.6. The van der Waals surface area contributed by atoms with Crippen molar-refractivity contribution in [3.63, 3.8) is 0 Å². The number of hydrogen-bond acceptors (Lipinski definition) is 13. The predicted molar refractivity (Wildman–Crippen MR) is 187 cm³/mol. The summed E-state index contributed by atoms with van der Waals surface area (Å²) in [5.41, 5.74) is 0.803. The monoisotopic (exact) mass is 723 g/mol. The van der Waals surface area contributed by atoms with Crippen molar-refractivity contribution >= 4 is 0 Å². The fourth-order valence-corrected chi connectivity index (χ4v) is 8.71. The molecule has 1 spiro atoms. The fourth-order valence-electron chi connectivity index (χ4n) is 8.71. The first kappa shape index (κ1) is 39.1. The second-order valence-corrected chi connectivity index (χ2v) is 14.4. The number of ether oxygens (including phenoxy) is 10. The van der Waals surface area contributed by atoms with Crippen molar-refractivity contribution in [1.29, 1.82) is 0 Å². The molecule has 2 heterocycles. The Morgan fingerprint density at radius 1 is 0.725 bits per heavy atom. The molecule has 1 aromatic carbocycles. The molecule has 0 amide bonds. The minimum atomic E-state index is -0.912. The van der Waals surface area contributed by atoms with E-state index >= 15 is 0 Å². The summed E-state index contributed by atoms with van der Waals surface area (Å²) in [6.07, 6.45) is 5.61. The van der Waals surface area contributed by atoms with Gasteiger partial charge in [0.15, 0.2) is 11.5 Å². The Labute approximate surface area is 303 Å². The number of rotatable bonds is 27. The zero-order valence-electron chi connectivity index (χ0n) is 30.6. The van der Waals surface area contributed by atoms with Gasteiger partial charge in [-0.3, -0.25) is 4.90 Å². The van der Waals surface area contributed by atoms with Crippen LogP contribution >= 0.6 is 0 Å². The summed E-state index contributed by atoms with van der Waals surface area (Å²) >= 11 is 0. The van der Waals surface area contributed by atoms with E-state index in [-0.39, 0.29) is 6.04 Å². The van der Waals surface area contributed by atoms with Crippen LogP contribution in [-0.4, -0.2) is 165 Å². The summed E-state index contributed by atoms with van der Waals surface area (Å²) in [6.45, 7) is 10.0. The Hall–Kier alpha value is -1.62. The second kappa shape index (κ2) is 19.6. The summed E-state index contributed by atoms with van der Waals surface area (Å²) in [5, 5.41) is 23.7. The number of hydrogen-bond donors (Lipinski definition) is 2. The van der Waals surface area contributed by atoms with E-state index in [4.69, 9.17) is 47.4 Å². The summed E-state index contributed by atoms with van der Waals surface area (Å²) < 4.78 is 56.3. The molecule has 2 saturated carbocycles. The van der Waals surface area contributed by atoms with Crippen LogP contribution in [-0.2, 0) is 49.7 Å². The molecular weight excluding hydrogens is 662 g/mol. The maximum atomic E-state index is 12.5. The standard InChI is InChI=1S/C38H61NO12/c1-42-11-12-43-13-14-44-15-16-45-17-18-46-19-20-47-21-22-48-23-24-49-25-26-50-32-6-5-30-27-33-38(41)8-7-31(40)36-37(38,34(30)35(32)51-36)9-10-39(33)28-29-3-2-4-29/h5-6,29,31,33,36,40-41H,2-4,7-28H2,1H3/t31-,33+,36-,37-,38+/m0/s1. The summed E-state index contributed by atoms with van der Waals surface area (Å²) in [4.78, 5) is 2.56. The third-order valence-corrected chi connectivity index (χ3v) is 11.4. The van der Waals surface area contributed by atoms with Crippen LogP contribution in [0.15, 0.2) is 12.1 Å². The molecule has 5 aliphatic rings. The molecule has 5 atom stereocenters. The molecule has 3 aliphatic carbocycles. The lowest BCUT2D eigenvalue weighted by Gasteiger charge is -2.64. The molecule has 51 heavy (non-hydrogen) atoms. The molecule has 1 saturated heterocycles. The third-order valence-electron chi connectivity index (χ3n) is 11.4. The number of likely N-dealkylation sites (tertiary alicyclic amines) is 1. The Balaban J connectivity index is 0.804. The molecule has 13 nitrogen and oxygen atoms in total. The normalized spacial score (nSPS) is 28.0. The number of nitrogens with zero attached hydrogens (tertiary/aromatic N) is 1. The van der Waals surface area contributed by atoms with Crippen molar-refractivity contribution in [2.45, 2.75) is 74.2 Å². The van der Waals surface area contributed by atoms with Gasteiger partial charge in [-0.25, -0.2) is 0 Å². The van der Waals surface area contributed by atoms with Crippen LogP contribution in [0, 0.1) is 5.92 Å². The van der Waals surface area contributed by atoms with Gasteiger partial charge < -0.3 is 57.6 Å². The van der Waals surface area contributed by atoms with Crippen molar-refractivity contribution in [2.24, 2.45) is 5.92 Å². The SMILES string of the molecule is COCCOCCOCCOCCOCCOCCOCCOCCOc1ccc2c3c1O[C@H]1[C@@H](O)CC[C@@]4(O)[C@@H](C2)N(CC2CCC2)CC[C@]314. The van der Waals surface area contributed by atoms with Crippen LogP contribution in [0.5, 0.6) is 11.5 Å². The van der Waals surface area contributed by atoms with E-state index in [1.807, 2.05) is 6.07 Å². The lowest BCUT2D eigenvalue weighted by molar-refractivity contribution is -0.209. The van der Waals surface area contributed by atoms with Crippen molar-refractivity contribution in [3.8, 4) is 11.5 Å². The highest BCUT2D eigenvalue weighted by Gasteiger charge is 2.73. The largest absolute Gasteiger partial charge is 0.487 e. The fraction of sp³-hybridized carbons (Fsp3) is 0.842. The third kappa shape index (κ3) is 9.20. The minimum absolute atomic E-state index is 0.0582. The summed E-state index contributed by atoms with van der Waals surface area (Å²) in [7, 11) is 1.65. The zero-order chi connectivity index (χ0) is 35.4. The first-order valence-corrected chi connectivity index (χ1v) is 19.2. The Morgan fingerprint density at radius 3 is 1.80 bits per heavy atom. The van der Waals surface area contributed by atoms with E-state index in [9.17, 15) is 10.2 Å². The van der Waals surface area contributed by atoms with Crippen molar-refractivity contribution in [1.82, 2.24) is 4.90 Å². The highest BCUT2D eigenvalue weighted by molar-refractivity contribution is 5.63. The molecule has 2 bridgehead atoms. The average Bonchev–Trinajstić information content (AvgIpc) is 3.47. The van der Waals surface area contributed by atoms with Gasteiger partial charge in [0.05, 0.1) is 116 Å². The van der Waals surface area contributed by atoms with Gasteiger partial charge in [0.25, 0.3) is 0 Å². The van der Waals surface area contributed by atoms with Gasteiger partial charge in [0, 0.05) is 25.3 Å². The van der Waals surface area contributed by atoms with E-state index in [1.54, 1.807) is 7.11 Å². The number of benzene rings is 1. The molecule has 3 fully saturated rings. The molecule has 1 aromatic rings. The first-order chi connectivity index (χ1) is 25.1. The van der Waals surface area contributed by atoms with Crippen LogP contribution in [0.4, 0.5) is 0 Å². The number of aliphatic hydroxyl groups excluding tert-OH is 1. The number of methoxy groups -OCH3 is 1. The number of aliphatic hydroxyl groups is 2. The van der Waals surface area contributed by atoms with Crippen LogP contribution in [0.25, 0.3) is 0 Å². The highest BCUT2D eigenvalue weighted by atomic mass is 16.6. The van der Waals surface area contributed by atoms with Gasteiger partial charge in [0.1, 0.15) is 12.7 Å². The first-order valence-electron chi connectivity index (χ1n) is 19.2. The predicted octanol–water partition coefficient (Wildman–Crippen LogP) is 2.14. The molecule has 2 N–H and O–H groups in total. The summed E-state index contributed by atoms with van der Waals surface area (Å²) in [5.74, 6) is 2.12. The van der Waals surface area contributed by atoms with Gasteiger partial charge in [-0.1, -0.05) is 12.5 Å². The quantitative estimate of drug-likeness (QED) is 0.129. The van der Waals surface area contributed by atoms with E-state index in [2.05, 4.69) is 11.0 Å². The molecule has 0 radical (unpaired) electrons. The van der Waals surface area contributed by atoms with Crippen molar-refractivity contribution < 1.29 is 57.6 Å². The van der Waals surface area contributed by atoms with Crippen LogP contribution in [0.2, 0.25) is 0 Å². The Morgan fingerprint density at radius 2 is 1.27 bits per heavy atom. The van der Waals surface area contributed by atoms with Crippen molar-refractivity contribution in [2.75, 3.05) is 126 Å². The van der Waals surface area contributed by atoms with Gasteiger partial charge in [-0.05, 0) is 62.6 Å². The highest BCUT2D eigenvalue weighted by Crippen LogP contribution is 2.65. The van der Waals surface area contributed by atoms with Gasteiger partial charge >= 0.3 is 0 Å². The number of piperidine rings is 1. The average molecular weight is 724 g/mol. The topological polar surface area (TPSA) is 136 Å². The lowest BCUT2D eigenvalue weighted by Crippen LogP contribution is -2.77. The van der Waals surface area contributed by atoms with Crippen molar-refractivity contribution in [3.05, 3.63) is 23.3 Å². The van der Waals surface area contributed by atoms with E-state index in [1.165, 1.54) is 24.8 Å². The van der Waals surface area contributed by atoms with Crippen LogP contribution < -0.4 is 9.47 Å². The Kier molecular flexibility index (Phi) is 15.0. The Bertz CT molecular complexity index is 1190. The molecule has 13 heteroatoms. The van der Waals surface area contributed by atoms with Gasteiger partial charge in [-0.15, -0.1) is 0 Å². The summed E-state index contributed by atoms with van der Waals surface area (Å²) in [6, 6.07) is 4.21. The maximum Gasteiger partial charge on any atom is 0.166 e. The van der Waals surface area contributed by atoms with E-state index in [0.29, 0.717) is 130 Å². The minimum Gasteiger partial charge on any atom is -0.487 e. The van der Waals surface area contributed by atoms with Gasteiger partial charge in [-0.2, -0.15) is 0 Å². The maximum absolute atomic E-state index is 12.5. The molecule has 2 aliphatic heterocycles. The van der Waals surface area contributed by atoms with Crippen LogP contribution in [0.3, 0.4) is 0 Å². The van der Waals surface area contributed by atoms with Gasteiger partial charge in [0.2, 0.25) is 0 Å². The molecule has 0 unspecified atom stereocenters. The second-order valence-electron chi connectivity index (χ2n) is 14.4.